The monoisotopic (exact) mass is 298 g/mol. The molecule has 1 aromatic carbocycles. The van der Waals surface area contributed by atoms with E-state index in [1.807, 2.05) is 36.3 Å². The van der Waals surface area contributed by atoms with E-state index in [-0.39, 0.29) is 5.91 Å². The molecule has 3 atom stereocenters. The summed E-state index contributed by atoms with van der Waals surface area (Å²) in [5.74, 6) is 0.664. The molecule has 0 aliphatic carbocycles. The highest BCUT2D eigenvalue weighted by Gasteiger charge is 2.38. The fourth-order valence-electron chi connectivity index (χ4n) is 3.98. The second-order valence-electron chi connectivity index (χ2n) is 6.72. The van der Waals surface area contributed by atoms with Crippen LogP contribution < -0.4 is 0 Å². The highest BCUT2D eigenvalue weighted by atomic mass is 16.5. The lowest BCUT2D eigenvalue weighted by atomic mass is 9.92. The maximum atomic E-state index is 12.8. The quantitative estimate of drug-likeness (QED) is 0.811. The first kappa shape index (κ1) is 13.8. The number of aromatic nitrogens is 1. The first-order valence-electron chi connectivity index (χ1n) is 8.11. The number of benzene rings is 1. The third-order valence-electron chi connectivity index (χ3n) is 5.13. The van der Waals surface area contributed by atoms with Crippen LogP contribution in [0.25, 0.3) is 10.9 Å². The standard InChI is InChI=1S/C18H22N2O2/c1-12-9-15-11-20(8-6-17(15)22-12)18(21)14-3-4-16-13(10-14)5-7-19(16)2/h3-5,7,10,12,15,17H,6,8-9,11H2,1-2H3/t12-,15-,17-/m0/s1. The van der Waals surface area contributed by atoms with Gasteiger partial charge in [-0.1, -0.05) is 0 Å². The van der Waals surface area contributed by atoms with Gasteiger partial charge in [0.25, 0.3) is 5.91 Å². The Morgan fingerprint density at radius 3 is 3.05 bits per heavy atom. The molecule has 2 aliphatic heterocycles. The second-order valence-corrected chi connectivity index (χ2v) is 6.72. The molecule has 0 bridgehead atoms. The molecular weight excluding hydrogens is 276 g/mol. The third kappa shape index (κ3) is 2.22. The molecule has 2 fully saturated rings. The van der Waals surface area contributed by atoms with Gasteiger partial charge >= 0.3 is 0 Å². The first-order chi connectivity index (χ1) is 10.6. The van der Waals surface area contributed by atoms with Gasteiger partial charge in [0.2, 0.25) is 0 Å². The number of amides is 1. The van der Waals surface area contributed by atoms with E-state index in [0.717, 1.165) is 42.4 Å². The average molecular weight is 298 g/mol. The minimum atomic E-state index is 0.156. The van der Waals surface area contributed by atoms with Crippen LogP contribution >= 0.6 is 0 Å². The molecule has 0 N–H and O–H groups in total. The zero-order chi connectivity index (χ0) is 15.3. The molecule has 2 aromatic rings. The number of carbonyl (C=O) groups is 1. The maximum Gasteiger partial charge on any atom is 0.253 e. The number of aryl methyl sites for hydroxylation is 1. The Hall–Kier alpha value is -1.81. The number of carbonyl (C=O) groups excluding carboxylic acids is 1. The van der Waals surface area contributed by atoms with Crippen LogP contribution in [-0.2, 0) is 11.8 Å². The largest absolute Gasteiger partial charge is 0.375 e. The fourth-order valence-corrected chi connectivity index (χ4v) is 3.98. The van der Waals surface area contributed by atoms with Crippen molar-refractivity contribution in [1.82, 2.24) is 9.47 Å². The highest BCUT2D eigenvalue weighted by Crippen LogP contribution is 2.33. The van der Waals surface area contributed by atoms with E-state index in [0.29, 0.717) is 18.1 Å². The average Bonchev–Trinajstić information content (AvgIpc) is 3.07. The number of likely N-dealkylation sites (tertiary alicyclic amines) is 1. The van der Waals surface area contributed by atoms with E-state index in [1.54, 1.807) is 0 Å². The van der Waals surface area contributed by atoms with E-state index in [4.69, 9.17) is 4.74 Å². The minimum absolute atomic E-state index is 0.156. The summed E-state index contributed by atoms with van der Waals surface area (Å²) in [6.07, 6.45) is 4.77. The molecule has 2 aliphatic rings. The van der Waals surface area contributed by atoms with Crippen LogP contribution in [0.4, 0.5) is 0 Å². The molecule has 2 saturated heterocycles. The molecule has 0 spiro atoms. The van der Waals surface area contributed by atoms with Crippen LogP contribution in [0.2, 0.25) is 0 Å². The van der Waals surface area contributed by atoms with Crippen LogP contribution in [0, 0.1) is 5.92 Å². The number of hydrogen-bond acceptors (Lipinski definition) is 2. The highest BCUT2D eigenvalue weighted by molar-refractivity contribution is 5.98. The van der Waals surface area contributed by atoms with E-state index in [2.05, 4.69) is 17.6 Å². The Bertz CT molecular complexity index is 721. The fraction of sp³-hybridized carbons (Fsp3) is 0.500. The van der Waals surface area contributed by atoms with Gasteiger partial charge in [-0.15, -0.1) is 0 Å². The van der Waals surface area contributed by atoms with E-state index in [1.165, 1.54) is 0 Å². The molecule has 4 rings (SSSR count). The number of rotatable bonds is 1. The summed E-state index contributed by atoms with van der Waals surface area (Å²) < 4.78 is 7.99. The summed E-state index contributed by atoms with van der Waals surface area (Å²) in [6.45, 7) is 3.77. The summed E-state index contributed by atoms with van der Waals surface area (Å²) in [7, 11) is 2.02. The van der Waals surface area contributed by atoms with Crippen molar-refractivity contribution in [2.24, 2.45) is 13.0 Å². The van der Waals surface area contributed by atoms with Gasteiger partial charge in [0.15, 0.2) is 0 Å². The van der Waals surface area contributed by atoms with Crippen LogP contribution in [0.5, 0.6) is 0 Å². The first-order valence-corrected chi connectivity index (χ1v) is 8.11. The Kier molecular flexibility index (Phi) is 3.22. The summed E-state index contributed by atoms with van der Waals surface area (Å²) >= 11 is 0. The molecule has 116 valence electrons. The van der Waals surface area contributed by atoms with Gasteiger partial charge in [-0.05, 0) is 44.0 Å². The zero-order valence-corrected chi connectivity index (χ0v) is 13.2. The van der Waals surface area contributed by atoms with Crippen molar-refractivity contribution in [1.29, 1.82) is 0 Å². The number of piperidine rings is 1. The maximum absolute atomic E-state index is 12.8. The van der Waals surface area contributed by atoms with Gasteiger partial charge in [0.05, 0.1) is 12.2 Å². The van der Waals surface area contributed by atoms with Crippen molar-refractivity contribution in [2.45, 2.75) is 32.0 Å². The van der Waals surface area contributed by atoms with Crippen molar-refractivity contribution in [3.8, 4) is 0 Å². The van der Waals surface area contributed by atoms with Gasteiger partial charge in [-0.2, -0.15) is 0 Å². The van der Waals surface area contributed by atoms with E-state index < -0.39 is 0 Å². The Labute approximate surface area is 130 Å². The number of ether oxygens (including phenoxy) is 1. The number of hydrogen-bond donors (Lipinski definition) is 0. The van der Waals surface area contributed by atoms with Crippen molar-refractivity contribution in [3.05, 3.63) is 36.0 Å². The Balaban J connectivity index is 1.55. The predicted octanol–water partition coefficient (Wildman–Crippen LogP) is 2.82. The van der Waals surface area contributed by atoms with Crippen molar-refractivity contribution < 1.29 is 9.53 Å². The Morgan fingerprint density at radius 2 is 2.18 bits per heavy atom. The molecule has 22 heavy (non-hydrogen) atoms. The summed E-state index contributed by atoms with van der Waals surface area (Å²) in [4.78, 5) is 14.8. The SMILES string of the molecule is C[C@H]1C[C@H]2CN(C(=O)c3ccc4c(ccn4C)c3)CC[C@@H]2O1. The Morgan fingerprint density at radius 1 is 1.32 bits per heavy atom. The van der Waals surface area contributed by atoms with Gasteiger partial charge in [0, 0.05) is 48.7 Å². The molecular formula is C18H22N2O2. The predicted molar refractivity (Wildman–Crippen MR) is 85.9 cm³/mol. The molecule has 1 amide bonds. The van der Waals surface area contributed by atoms with E-state index >= 15 is 0 Å². The van der Waals surface area contributed by atoms with E-state index in [9.17, 15) is 4.79 Å². The topological polar surface area (TPSA) is 34.5 Å². The van der Waals surface area contributed by atoms with Gasteiger partial charge in [-0.25, -0.2) is 0 Å². The second kappa shape index (κ2) is 5.13. The van der Waals surface area contributed by atoms with Crippen LogP contribution in [-0.4, -0.2) is 40.7 Å². The molecule has 4 heteroatoms. The van der Waals surface area contributed by atoms with Crippen LogP contribution in [0.1, 0.15) is 30.1 Å². The lowest BCUT2D eigenvalue weighted by Gasteiger charge is -2.34. The normalized spacial score (nSPS) is 28.1. The molecule has 0 radical (unpaired) electrons. The minimum Gasteiger partial charge on any atom is -0.375 e. The van der Waals surface area contributed by atoms with Crippen LogP contribution in [0.3, 0.4) is 0 Å². The number of fused-ring (bicyclic) bond motifs is 2. The van der Waals surface area contributed by atoms with Gasteiger partial charge in [0.1, 0.15) is 0 Å². The molecule has 3 heterocycles. The van der Waals surface area contributed by atoms with Crippen molar-refractivity contribution in [2.75, 3.05) is 13.1 Å². The smallest absolute Gasteiger partial charge is 0.253 e. The third-order valence-corrected chi connectivity index (χ3v) is 5.13. The summed E-state index contributed by atoms with van der Waals surface area (Å²) in [5.41, 5.74) is 1.96. The summed E-state index contributed by atoms with van der Waals surface area (Å²) in [6, 6.07) is 8.06. The summed E-state index contributed by atoms with van der Waals surface area (Å²) in [5, 5.41) is 1.13. The molecule has 4 nitrogen and oxygen atoms in total. The molecule has 1 aromatic heterocycles. The zero-order valence-electron chi connectivity index (χ0n) is 13.2. The number of nitrogens with zero attached hydrogens (tertiary/aromatic N) is 2. The molecule has 0 unspecified atom stereocenters. The molecule has 0 saturated carbocycles. The van der Waals surface area contributed by atoms with Crippen LogP contribution in [0.15, 0.2) is 30.5 Å². The van der Waals surface area contributed by atoms with Gasteiger partial charge < -0.3 is 14.2 Å². The lowest BCUT2D eigenvalue weighted by molar-refractivity contribution is 0.00865. The van der Waals surface area contributed by atoms with Gasteiger partial charge in [-0.3, -0.25) is 4.79 Å². The van der Waals surface area contributed by atoms with Crippen molar-refractivity contribution >= 4 is 16.8 Å². The van der Waals surface area contributed by atoms with Crippen molar-refractivity contribution in [3.63, 3.8) is 0 Å². The lowest BCUT2D eigenvalue weighted by Crippen LogP contribution is -2.44.